The van der Waals surface area contributed by atoms with Crippen molar-refractivity contribution in [1.29, 1.82) is 0 Å². The van der Waals surface area contributed by atoms with Gasteiger partial charge >= 0.3 is 0 Å². The second kappa shape index (κ2) is 9.94. The second-order valence-corrected chi connectivity index (χ2v) is 6.58. The van der Waals surface area contributed by atoms with Crippen molar-refractivity contribution in [3.05, 3.63) is 30.2 Å². The van der Waals surface area contributed by atoms with Crippen molar-refractivity contribution in [3.8, 4) is 0 Å². The van der Waals surface area contributed by atoms with Gasteiger partial charge in [-0.1, -0.05) is 13.0 Å². The molecule has 1 N–H and O–H groups in total. The van der Waals surface area contributed by atoms with Crippen LogP contribution in [0.15, 0.2) is 29.4 Å². The van der Waals surface area contributed by atoms with Gasteiger partial charge in [0.05, 0.1) is 0 Å². The Kier molecular flexibility index (Phi) is 7.92. The van der Waals surface area contributed by atoms with E-state index in [1.165, 1.54) is 12.8 Å². The van der Waals surface area contributed by atoms with Crippen molar-refractivity contribution in [1.82, 2.24) is 24.8 Å². The Morgan fingerprint density at radius 1 is 1.36 bits per heavy atom. The van der Waals surface area contributed by atoms with Gasteiger partial charge in [0, 0.05) is 38.8 Å². The van der Waals surface area contributed by atoms with Crippen LogP contribution in [0.1, 0.15) is 38.9 Å². The maximum atomic E-state index is 4.83. The molecule has 0 spiro atoms. The number of aromatic nitrogens is 3. The number of rotatable bonds is 5. The molecule has 7 heteroatoms. The van der Waals surface area contributed by atoms with Gasteiger partial charge in [-0.25, -0.2) is 0 Å². The number of likely N-dealkylation sites (tertiary alicyclic amines) is 1. The average Bonchev–Trinajstić information content (AvgIpc) is 3.01. The summed E-state index contributed by atoms with van der Waals surface area (Å²) in [5.74, 6) is 2.83. The van der Waals surface area contributed by atoms with Crippen LogP contribution < -0.4 is 5.32 Å². The number of hydrogen-bond donors (Lipinski definition) is 1. The monoisotopic (exact) mass is 456 g/mol. The SMILES string of the molecule is CCNC(=NCCCc1nnc2ccccn12)N1CCCC(C)C1.I. The van der Waals surface area contributed by atoms with E-state index in [1.54, 1.807) is 0 Å². The highest BCUT2D eigenvalue weighted by atomic mass is 127. The Morgan fingerprint density at radius 3 is 3.04 bits per heavy atom. The molecule has 1 aliphatic rings. The number of aliphatic imine (C=N–C) groups is 1. The van der Waals surface area contributed by atoms with Crippen molar-refractivity contribution >= 4 is 35.6 Å². The lowest BCUT2D eigenvalue weighted by Crippen LogP contribution is -2.46. The molecule has 25 heavy (non-hydrogen) atoms. The molecule has 6 nitrogen and oxygen atoms in total. The van der Waals surface area contributed by atoms with E-state index in [-0.39, 0.29) is 24.0 Å². The molecule has 1 atom stereocenters. The standard InChI is InChI=1S/C18H28N6.HI/c1-3-19-18(23-12-7-8-15(2)14-23)20-11-6-10-17-22-21-16-9-4-5-13-24(16)17;/h4-5,9,13,15H,3,6-8,10-12,14H2,1-2H3,(H,19,20);1H. The van der Waals surface area contributed by atoms with Gasteiger partial charge in [-0.05, 0) is 44.2 Å². The molecule has 1 aliphatic heterocycles. The highest BCUT2D eigenvalue weighted by molar-refractivity contribution is 14.0. The van der Waals surface area contributed by atoms with Crippen LogP contribution in [0.3, 0.4) is 0 Å². The van der Waals surface area contributed by atoms with E-state index in [2.05, 4.69) is 38.7 Å². The lowest BCUT2D eigenvalue weighted by Gasteiger charge is -2.33. The molecule has 3 rings (SSSR count). The third-order valence-corrected chi connectivity index (χ3v) is 4.50. The Labute approximate surface area is 167 Å². The first-order valence-corrected chi connectivity index (χ1v) is 9.10. The first kappa shape index (κ1) is 19.9. The molecule has 0 amide bonds. The van der Waals surface area contributed by atoms with Crippen LogP contribution in [0.5, 0.6) is 0 Å². The van der Waals surface area contributed by atoms with E-state index >= 15 is 0 Å². The molecule has 0 radical (unpaired) electrons. The van der Waals surface area contributed by atoms with Crippen LogP contribution in [0, 0.1) is 5.92 Å². The fourth-order valence-corrected chi connectivity index (χ4v) is 3.29. The fraction of sp³-hybridized carbons (Fsp3) is 0.611. The fourth-order valence-electron chi connectivity index (χ4n) is 3.29. The molecular formula is C18H29IN6. The number of fused-ring (bicyclic) bond motifs is 1. The van der Waals surface area contributed by atoms with E-state index in [1.807, 2.05) is 24.4 Å². The number of pyridine rings is 1. The lowest BCUT2D eigenvalue weighted by molar-refractivity contribution is 0.266. The zero-order chi connectivity index (χ0) is 16.8. The largest absolute Gasteiger partial charge is 0.357 e. The van der Waals surface area contributed by atoms with Gasteiger partial charge < -0.3 is 10.2 Å². The van der Waals surface area contributed by atoms with Crippen LogP contribution in [0.4, 0.5) is 0 Å². The minimum absolute atomic E-state index is 0. The first-order chi connectivity index (χ1) is 11.8. The maximum Gasteiger partial charge on any atom is 0.193 e. The van der Waals surface area contributed by atoms with Gasteiger partial charge in [-0.2, -0.15) is 0 Å². The van der Waals surface area contributed by atoms with E-state index in [9.17, 15) is 0 Å². The highest BCUT2D eigenvalue weighted by Crippen LogP contribution is 2.15. The number of piperidine rings is 1. The predicted molar refractivity (Wildman–Crippen MR) is 113 cm³/mol. The van der Waals surface area contributed by atoms with Gasteiger partial charge in [-0.15, -0.1) is 34.2 Å². The number of hydrogen-bond acceptors (Lipinski definition) is 3. The van der Waals surface area contributed by atoms with Crippen molar-refractivity contribution in [2.75, 3.05) is 26.2 Å². The van der Waals surface area contributed by atoms with Crippen molar-refractivity contribution in [2.24, 2.45) is 10.9 Å². The summed E-state index contributed by atoms with van der Waals surface area (Å²) in [7, 11) is 0. The zero-order valence-electron chi connectivity index (χ0n) is 15.2. The summed E-state index contributed by atoms with van der Waals surface area (Å²) >= 11 is 0. The van der Waals surface area contributed by atoms with Crippen LogP contribution in [0.25, 0.3) is 5.65 Å². The number of aryl methyl sites for hydroxylation is 1. The Balaban J connectivity index is 0.00000225. The first-order valence-electron chi connectivity index (χ1n) is 9.10. The summed E-state index contributed by atoms with van der Waals surface area (Å²) in [5.41, 5.74) is 0.909. The van der Waals surface area contributed by atoms with Gasteiger partial charge in [-0.3, -0.25) is 9.39 Å². The van der Waals surface area contributed by atoms with Gasteiger partial charge in [0.2, 0.25) is 0 Å². The molecule has 1 unspecified atom stereocenters. The van der Waals surface area contributed by atoms with Gasteiger partial charge in [0.25, 0.3) is 0 Å². The second-order valence-electron chi connectivity index (χ2n) is 6.58. The summed E-state index contributed by atoms with van der Waals surface area (Å²) in [6.07, 6.45) is 6.48. The summed E-state index contributed by atoms with van der Waals surface area (Å²) in [6.45, 7) is 8.41. The minimum atomic E-state index is 0. The van der Waals surface area contributed by atoms with E-state index in [0.29, 0.717) is 0 Å². The van der Waals surface area contributed by atoms with Gasteiger partial charge in [0.1, 0.15) is 5.82 Å². The summed E-state index contributed by atoms with van der Waals surface area (Å²) in [4.78, 5) is 7.23. The van der Waals surface area contributed by atoms with Crippen molar-refractivity contribution in [3.63, 3.8) is 0 Å². The molecule has 2 aromatic rings. The van der Waals surface area contributed by atoms with Crippen molar-refractivity contribution < 1.29 is 0 Å². The third-order valence-electron chi connectivity index (χ3n) is 4.50. The third kappa shape index (κ3) is 5.29. The summed E-state index contributed by atoms with van der Waals surface area (Å²) < 4.78 is 2.06. The van der Waals surface area contributed by atoms with Crippen molar-refractivity contribution in [2.45, 2.75) is 39.5 Å². The molecular weight excluding hydrogens is 427 g/mol. The zero-order valence-corrected chi connectivity index (χ0v) is 17.5. The summed E-state index contributed by atoms with van der Waals surface area (Å²) in [6, 6.07) is 5.98. The molecule has 1 saturated heterocycles. The highest BCUT2D eigenvalue weighted by Gasteiger charge is 2.18. The molecule has 2 aromatic heterocycles. The predicted octanol–water partition coefficient (Wildman–Crippen LogP) is 2.98. The van der Waals surface area contributed by atoms with Crippen LogP contribution in [0.2, 0.25) is 0 Å². The summed E-state index contributed by atoms with van der Waals surface area (Å²) in [5, 5.41) is 11.9. The van der Waals surface area contributed by atoms with Crippen LogP contribution >= 0.6 is 24.0 Å². The molecule has 1 fully saturated rings. The Hall–Kier alpha value is -1.38. The van der Waals surface area contributed by atoms with E-state index in [4.69, 9.17) is 4.99 Å². The number of nitrogens with one attached hydrogen (secondary N) is 1. The molecule has 3 heterocycles. The molecule has 138 valence electrons. The smallest absolute Gasteiger partial charge is 0.193 e. The maximum absolute atomic E-state index is 4.83. The normalized spacial score (nSPS) is 18.2. The molecule has 0 saturated carbocycles. The molecule has 0 aromatic carbocycles. The number of guanidine groups is 1. The lowest BCUT2D eigenvalue weighted by atomic mass is 10.0. The topological polar surface area (TPSA) is 57.8 Å². The Morgan fingerprint density at radius 2 is 2.24 bits per heavy atom. The quantitative estimate of drug-likeness (QED) is 0.325. The van der Waals surface area contributed by atoms with E-state index < -0.39 is 0 Å². The Bertz CT molecular complexity index is 683. The molecule has 0 aliphatic carbocycles. The van der Waals surface area contributed by atoms with Crippen LogP contribution in [-0.4, -0.2) is 51.6 Å². The number of nitrogens with zero attached hydrogens (tertiary/aromatic N) is 5. The average molecular weight is 456 g/mol. The van der Waals surface area contributed by atoms with Crippen LogP contribution in [-0.2, 0) is 6.42 Å². The molecule has 0 bridgehead atoms. The van der Waals surface area contributed by atoms with Gasteiger partial charge in [0.15, 0.2) is 11.6 Å². The minimum Gasteiger partial charge on any atom is -0.357 e. The number of halogens is 1. The van der Waals surface area contributed by atoms with E-state index in [0.717, 1.165) is 62.4 Å².